The second-order valence-corrected chi connectivity index (χ2v) is 12.9. The number of carboxylic acids is 1. The molecule has 2 aliphatic rings. The summed E-state index contributed by atoms with van der Waals surface area (Å²) in [6, 6.07) is 39.1. The number of carboxylic acid groups (broad SMARTS) is 1. The van der Waals surface area contributed by atoms with E-state index in [0.717, 1.165) is 44.4 Å². The maximum atomic E-state index is 12.6. The van der Waals surface area contributed by atoms with Gasteiger partial charge in [-0.2, -0.15) is 0 Å². The molecule has 8 rings (SSSR count). The third kappa shape index (κ3) is 7.43. The molecule has 1 atom stereocenters. The molecule has 5 aromatic carbocycles. The third-order valence-electron chi connectivity index (χ3n) is 9.87. The van der Waals surface area contributed by atoms with Crippen LogP contribution in [0.5, 0.6) is 0 Å². The molecule has 0 saturated heterocycles. The van der Waals surface area contributed by atoms with Crippen LogP contribution in [0.15, 0.2) is 121 Å². The lowest BCUT2D eigenvalue weighted by molar-refractivity contribution is -0.147. The number of rotatable bonds is 9. The van der Waals surface area contributed by atoms with Crippen LogP contribution >= 0.6 is 0 Å². The SMILES string of the molecule is C.Cc1[nH]c2ccccc2c1CC(NC(=O)OCC1c2ccccc2-c2ccccc21)C(=O)O.O=C(CO)OCC1c2ccccc2-c2ccccc21. The maximum Gasteiger partial charge on any atom is 0.407 e. The van der Waals surface area contributed by atoms with E-state index in [2.05, 4.69) is 46.7 Å². The second-order valence-electron chi connectivity index (χ2n) is 12.9. The van der Waals surface area contributed by atoms with Crippen LogP contribution < -0.4 is 5.32 Å². The van der Waals surface area contributed by atoms with Crippen LogP contribution in [0.25, 0.3) is 33.2 Å². The minimum absolute atomic E-state index is 0. The predicted molar refractivity (Wildman–Crippen MR) is 205 cm³/mol. The van der Waals surface area contributed by atoms with Gasteiger partial charge in [0.15, 0.2) is 0 Å². The van der Waals surface area contributed by atoms with Crippen LogP contribution in [0.2, 0.25) is 0 Å². The van der Waals surface area contributed by atoms with Gasteiger partial charge in [-0.05, 0) is 63.1 Å². The summed E-state index contributed by atoms with van der Waals surface area (Å²) in [5.74, 6) is -1.71. The zero-order valence-corrected chi connectivity index (χ0v) is 28.5. The lowest BCUT2D eigenvalue weighted by Gasteiger charge is -2.17. The van der Waals surface area contributed by atoms with Crippen molar-refractivity contribution in [2.45, 2.75) is 38.6 Å². The van der Waals surface area contributed by atoms with Gasteiger partial charge in [-0.25, -0.2) is 14.4 Å². The molecular formula is C44H42N2O7. The van der Waals surface area contributed by atoms with E-state index in [9.17, 15) is 19.5 Å². The molecule has 53 heavy (non-hydrogen) atoms. The average molecular weight is 711 g/mol. The summed E-state index contributed by atoms with van der Waals surface area (Å²) in [5.41, 5.74) is 11.9. The van der Waals surface area contributed by atoms with Crippen molar-refractivity contribution in [2.24, 2.45) is 0 Å². The summed E-state index contributed by atoms with van der Waals surface area (Å²) in [4.78, 5) is 38.9. The highest BCUT2D eigenvalue weighted by Crippen LogP contribution is 2.45. The molecule has 4 N–H and O–H groups in total. The minimum atomic E-state index is -1.10. The van der Waals surface area contributed by atoms with Gasteiger partial charge in [0.1, 0.15) is 25.9 Å². The summed E-state index contributed by atoms with van der Waals surface area (Å²) < 4.78 is 10.6. The first-order chi connectivity index (χ1) is 25.3. The Balaban J connectivity index is 0.000000204. The number of aromatic amines is 1. The van der Waals surface area contributed by atoms with Gasteiger partial charge in [-0.15, -0.1) is 0 Å². The van der Waals surface area contributed by atoms with Gasteiger partial charge < -0.3 is 30.0 Å². The number of nitrogens with one attached hydrogen (secondary N) is 2. The van der Waals surface area contributed by atoms with Gasteiger partial charge in [-0.1, -0.05) is 123 Å². The smallest absolute Gasteiger partial charge is 0.407 e. The first kappa shape index (κ1) is 36.6. The Kier molecular flexibility index (Phi) is 11.1. The molecule has 0 fully saturated rings. The van der Waals surface area contributed by atoms with Crippen molar-refractivity contribution >= 4 is 28.9 Å². The fourth-order valence-electron chi connectivity index (χ4n) is 7.45. The van der Waals surface area contributed by atoms with Crippen LogP contribution in [0.3, 0.4) is 0 Å². The highest BCUT2D eigenvalue weighted by molar-refractivity contribution is 5.87. The van der Waals surface area contributed by atoms with E-state index < -0.39 is 30.7 Å². The van der Waals surface area contributed by atoms with E-state index in [1.807, 2.05) is 91.9 Å². The third-order valence-corrected chi connectivity index (χ3v) is 9.87. The molecule has 6 aromatic rings. The van der Waals surface area contributed by atoms with Crippen molar-refractivity contribution in [3.05, 3.63) is 155 Å². The standard InChI is InChI=1S/C27H24N2O4.C16H14O3.CH4/c1-16-22(21-12-6-7-13-24(21)28-16)14-25(26(30)31)29-27(32)33-15-23-19-10-4-2-8-17(19)18-9-3-5-11-20(18)23;17-9-16(18)19-10-15-13-7-3-1-5-11(13)12-6-2-4-8-14(12)15;/h2-13,23,25,28H,14-15H2,1H3,(H,29,32)(H,30,31);1-8,15,17H,9-10H2;1H4. The Morgan fingerprint density at radius 2 is 1.11 bits per heavy atom. The van der Waals surface area contributed by atoms with Crippen LogP contribution in [0.4, 0.5) is 4.79 Å². The monoisotopic (exact) mass is 710 g/mol. The number of amides is 1. The van der Waals surface area contributed by atoms with E-state index in [1.165, 1.54) is 22.3 Å². The highest BCUT2D eigenvalue weighted by Gasteiger charge is 2.31. The number of aryl methyl sites for hydroxylation is 1. The number of carbonyl (C=O) groups is 3. The topological polar surface area (TPSA) is 138 Å². The summed E-state index contributed by atoms with van der Waals surface area (Å²) in [5, 5.41) is 22.0. The Morgan fingerprint density at radius 1 is 0.679 bits per heavy atom. The number of H-pyrrole nitrogens is 1. The van der Waals surface area contributed by atoms with Gasteiger partial charge >= 0.3 is 18.0 Å². The summed E-state index contributed by atoms with van der Waals surface area (Å²) in [6.45, 7) is 1.74. The number of hydrogen-bond acceptors (Lipinski definition) is 6. The first-order valence-electron chi connectivity index (χ1n) is 17.2. The predicted octanol–water partition coefficient (Wildman–Crippen LogP) is 7.98. The van der Waals surface area contributed by atoms with E-state index in [4.69, 9.17) is 14.6 Å². The molecule has 270 valence electrons. The number of benzene rings is 5. The van der Waals surface area contributed by atoms with Crippen molar-refractivity contribution < 1.29 is 34.1 Å². The van der Waals surface area contributed by atoms with E-state index in [1.54, 1.807) is 0 Å². The largest absolute Gasteiger partial charge is 0.480 e. The fourth-order valence-corrected chi connectivity index (χ4v) is 7.45. The van der Waals surface area contributed by atoms with Gasteiger partial charge in [0, 0.05) is 34.9 Å². The van der Waals surface area contributed by atoms with Gasteiger partial charge in [0.05, 0.1) is 0 Å². The zero-order valence-electron chi connectivity index (χ0n) is 28.5. The number of fused-ring (bicyclic) bond motifs is 7. The Labute approximate surface area is 308 Å². The maximum absolute atomic E-state index is 12.6. The second kappa shape index (κ2) is 16.0. The van der Waals surface area contributed by atoms with Crippen LogP contribution in [0, 0.1) is 6.92 Å². The molecule has 1 aromatic heterocycles. The van der Waals surface area contributed by atoms with Crippen molar-refractivity contribution in [1.29, 1.82) is 0 Å². The molecule has 0 saturated carbocycles. The molecular weight excluding hydrogens is 668 g/mol. The number of aliphatic hydroxyl groups is 1. The van der Waals surface area contributed by atoms with Gasteiger partial charge in [0.25, 0.3) is 0 Å². The lowest BCUT2D eigenvalue weighted by Crippen LogP contribution is -2.43. The first-order valence-corrected chi connectivity index (χ1v) is 17.2. The molecule has 0 bridgehead atoms. The number of esters is 1. The van der Waals surface area contributed by atoms with Crippen molar-refractivity contribution in [3.63, 3.8) is 0 Å². The van der Waals surface area contributed by atoms with E-state index >= 15 is 0 Å². The Bertz CT molecular complexity index is 2180. The number of para-hydroxylation sites is 1. The van der Waals surface area contributed by atoms with Crippen molar-refractivity contribution in [3.8, 4) is 22.3 Å². The van der Waals surface area contributed by atoms with Gasteiger partial charge in [-0.3, -0.25) is 0 Å². The molecule has 1 amide bonds. The highest BCUT2D eigenvalue weighted by atomic mass is 16.6. The lowest BCUT2D eigenvalue weighted by atomic mass is 9.98. The quantitative estimate of drug-likeness (QED) is 0.112. The van der Waals surface area contributed by atoms with Gasteiger partial charge in [0.2, 0.25) is 0 Å². The molecule has 9 heteroatoms. The summed E-state index contributed by atoms with van der Waals surface area (Å²) >= 11 is 0. The zero-order chi connectivity index (χ0) is 36.2. The number of aromatic nitrogens is 1. The van der Waals surface area contributed by atoms with E-state index in [-0.39, 0.29) is 38.9 Å². The normalized spacial score (nSPS) is 12.9. The number of carbonyl (C=O) groups excluding carboxylic acids is 2. The molecule has 1 heterocycles. The van der Waals surface area contributed by atoms with Crippen LogP contribution in [0.1, 0.15) is 52.8 Å². The molecule has 1 unspecified atom stereocenters. The number of alkyl carbamates (subject to hydrolysis) is 1. The number of aliphatic carboxylic acids is 1. The minimum Gasteiger partial charge on any atom is -0.480 e. The molecule has 0 spiro atoms. The Hall–Kier alpha value is -6.19. The van der Waals surface area contributed by atoms with Crippen molar-refractivity contribution in [1.82, 2.24) is 10.3 Å². The summed E-state index contributed by atoms with van der Waals surface area (Å²) in [7, 11) is 0. The molecule has 9 nitrogen and oxygen atoms in total. The Morgan fingerprint density at radius 3 is 1.58 bits per heavy atom. The molecule has 2 aliphatic carbocycles. The number of hydrogen-bond donors (Lipinski definition) is 4. The molecule has 0 aliphatic heterocycles. The summed E-state index contributed by atoms with van der Waals surface area (Å²) in [6.07, 6.45) is -0.572. The van der Waals surface area contributed by atoms with E-state index in [0.29, 0.717) is 0 Å². The number of aliphatic hydroxyl groups excluding tert-OH is 1. The number of ether oxygens (including phenoxy) is 2. The average Bonchev–Trinajstić information content (AvgIpc) is 3.79. The molecule has 0 radical (unpaired) electrons. The van der Waals surface area contributed by atoms with Crippen LogP contribution in [-0.4, -0.2) is 59.1 Å². The fraction of sp³-hybridized carbons (Fsp3) is 0.205. The van der Waals surface area contributed by atoms with Crippen molar-refractivity contribution in [2.75, 3.05) is 19.8 Å². The van der Waals surface area contributed by atoms with Crippen LogP contribution in [-0.2, 0) is 25.5 Å².